The van der Waals surface area contributed by atoms with Crippen LogP contribution in [0, 0.1) is 0 Å². The number of aromatic hydroxyl groups is 1. The Hall–Kier alpha value is -2.69. The minimum Gasteiger partial charge on any atom is -0.508 e. The third-order valence-electron chi connectivity index (χ3n) is 2.67. The van der Waals surface area contributed by atoms with Crippen molar-refractivity contribution in [3.63, 3.8) is 0 Å². The Kier molecular flexibility index (Phi) is 2.13. The van der Waals surface area contributed by atoms with Gasteiger partial charge in [0.1, 0.15) is 23.2 Å². The lowest BCUT2D eigenvalue weighted by molar-refractivity contribution is 0.0699. The highest BCUT2D eigenvalue weighted by Crippen LogP contribution is 2.35. The summed E-state index contributed by atoms with van der Waals surface area (Å²) in [5, 5.41) is 19.1. The van der Waals surface area contributed by atoms with Crippen LogP contribution >= 0.6 is 0 Å². The van der Waals surface area contributed by atoms with Gasteiger partial charge in [-0.3, -0.25) is 0 Å². The maximum absolute atomic E-state index is 11.3. The molecule has 0 fully saturated rings. The molecule has 5 nitrogen and oxygen atoms in total. The van der Waals surface area contributed by atoms with E-state index < -0.39 is 5.97 Å². The number of carboxylic acids is 1. The number of benzene rings is 1. The highest BCUT2D eigenvalue weighted by Gasteiger charge is 2.22. The van der Waals surface area contributed by atoms with E-state index in [0.29, 0.717) is 16.5 Å². The SMILES string of the molecule is O=C(O)c1c(-c2ccoc2)oc2ccc(O)cc12. The Balaban J connectivity index is 2.38. The number of hydrogen-bond acceptors (Lipinski definition) is 4. The number of carbonyl (C=O) groups is 1. The van der Waals surface area contributed by atoms with Gasteiger partial charge in [-0.25, -0.2) is 4.79 Å². The van der Waals surface area contributed by atoms with Crippen molar-refractivity contribution >= 4 is 16.9 Å². The Morgan fingerprint density at radius 1 is 1.22 bits per heavy atom. The maximum Gasteiger partial charge on any atom is 0.340 e. The Morgan fingerprint density at radius 3 is 2.72 bits per heavy atom. The van der Waals surface area contributed by atoms with Gasteiger partial charge in [0, 0.05) is 5.39 Å². The van der Waals surface area contributed by atoms with Crippen LogP contribution in [0.5, 0.6) is 5.75 Å². The summed E-state index contributed by atoms with van der Waals surface area (Å²) in [6.07, 6.45) is 2.84. The van der Waals surface area contributed by atoms with Crippen molar-refractivity contribution in [2.24, 2.45) is 0 Å². The first-order chi connectivity index (χ1) is 8.66. The number of hydrogen-bond donors (Lipinski definition) is 2. The molecule has 18 heavy (non-hydrogen) atoms. The van der Waals surface area contributed by atoms with Crippen molar-refractivity contribution in [1.29, 1.82) is 0 Å². The fraction of sp³-hybridized carbons (Fsp3) is 0. The van der Waals surface area contributed by atoms with Crippen molar-refractivity contribution in [3.8, 4) is 17.1 Å². The number of phenolic OH excluding ortho intramolecular Hbond substituents is 1. The topological polar surface area (TPSA) is 83.8 Å². The molecule has 0 bridgehead atoms. The van der Waals surface area contributed by atoms with E-state index in [1.165, 1.54) is 30.7 Å². The van der Waals surface area contributed by atoms with E-state index in [1.807, 2.05) is 0 Å². The molecule has 0 aliphatic carbocycles. The van der Waals surface area contributed by atoms with Crippen LogP contribution in [0.25, 0.3) is 22.3 Å². The standard InChI is InChI=1S/C13H8O5/c14-8-1-2-10-9(5-8)11(13(15)16)12(18-10)7-3-4-17-6-7/h1-6,14H,(H,15,16). The molecule has 0 amide bonds. The van der Waals surface area contributed by atoms with Crippen molar-refractivity contribution < 1.29 is 23.8 Å². The quantitative estimate of drug-likeness (QED) is 0.723. The lowest BCUT2D eigenvalue weighted by atomic mass is 10.1. The molecule has 0 saturated heterocycles. The molecule has 0 aliphatic heterocycles. The molecule has 3 rings (SSSR count). The van der Waals surface area contributed by atoms with E-state index in [0.717, 1.165) is 0 Å². The normalized spacial score (nSPS) is 10.9. The molecule has 0 saturated carbocycles. The lowest BCUT2D eigenvalue weighted by Gasteiger charge is -1.94. The van der Waals surface area contributed by atoms with E-state index in [1.54, 1.807) is 6.07 Å². The summed E-state index contributed by atoms with van der Waals surface area (Å²) in [5.74, 6) is -0.906. The van der Waals surface area contributed by atoms with Crippen LogP contribution in [0.15, 0.2) is 45.6 Å². The van der Waals surface area contributed by atoms with E-state index in [-0.39, 0.29) is 17.1 Å². The van der Waals surface area contributed by atoms with Crippen molar-refractivity contribution in [2.75, 3.05) is 0 Å². The molecule has 1 aromatic carbocycles. The fourth-order valence-electron chi connectivity index (χ4n) is 1.89. The number of rotatable bonds is 2. The van der Waals surface area contributed by atoms with E-state index in [9.17, 15) is 15.0 Å². The molecular formula is C13H8O5. The zero-order valence-electron chi connectivity index (χ0n) is 9.08. The fourth-order valence-corrected chi connectivity index (χ4v) is 1.89. The summed E-state index contributed by atoms with van der Waals surface area (Å²) in [6, 6.07) is 5.95. The van der Waals surface area contributed by atoms with Crippen LogP contribution in [0.3, 0.4) is 0 Å². The predicted octanol–water partition coefficient (Wildman–Crippen LogP) is 3.10. The summed E-state index contributed by atoms with van der Waals surface area (Å²) in [7, 11) is 0. The van der Waals surface area contributed by atoms with Gasteiger partial charge in [0.15, 0.2) is 5.76 Å². The first-order valence-corrected chi connectivity index (χ1v) is 5.18. The molecule has 0 atom stereocenters. The number of phenols is 1. The van der Waals surface area contributed by atoms with Crippen LogP contribution in [0.4, 0.5) is 0 Å². The molecule has 0 spiro atoms. The molecule has 90 valence electrons. The van der Waals surface area contributed by atoms with Crippen molar-refractivity contribution in [2.45, 2.75) is 0 Å². The Morgan fingerprint density at radius 2 is 2.06 bits per heavy atom. The third-order valence-corrected chi connectivity index (χ3v) is 2.67. The van der Waals surface area contributed by atoms with Crippen LogP contribution in [-0.4, -0.2) is 16.2 Å². The third kappa shape index (κ3) is 1.45. The molecule has 0 aliphatic rings. The van der Waals surface area contributed by atoms with Gasteiger partial charge >= 0.3 is 5.97 Å². The zero-order valence-corrected chi connectivity index (χ0v) is 9.08. The van der Waals surface area contributed by atoms with Gasteiger partial charge in [-0.15, -0.1) is 0 Å². The summed E-state index contributed by atoms with van der Waals surface area (Å²) in [6.45, 7) is 0. The van der Waals surface area contributed by atoms with Gasteiger partial charge < -0.3 is 19.0 Å². The smallest absolute Gasteiger partial charge is 0.340 e. The van der Waals surface area contributed by atoms with Gasteiger partial charge in [-0.05, 0) is 24.3 Å². The Bertz CT molecular complexity index is 721. The van der Waals surface area contributed by atoms with Crippen molar-refractivity contribution in [3.05, 3.63) is 42.4 Å². The minimum atomic E-state index is -1.12. The second-order valence-corrected chi connectivity index (χ2v) is 3.80. The van der Waals surface area contributed by atoms with Gasteiger partial charge in [-0.2, -0.15) is 0 Å². The summed E-state index contributed by atoms with van der Waals surface area (Å²) >= 11 is 0. The summed E-state index contributed by atoms with van der Waals surface area (Å²) < 4.78 is 10.4. The molecule has 2 aromatic heterocycles. The van der Waals surface area contributed by atoms with Gasteiger partial charge in [0.05, 0.1) is 11.8 Å². The lowest BCUT2D eigenvalue weighted by Crippen LogP contribution is -1.96. The molecule has 3 aromatic rings. The summed E-state index contributed by atoms with van der Waals surface area (Å²) in [5.41, 5.74) is 0.965. The van der Waals surface area contributed by atoms with Gasteiger partial charge in [0.2, 0.25) is 0 Å². The number of fused-ring (bicyclic) bond motifs is 1. The first kappa shape index (κ1) is 10.5. The monoisotopic (exact) mass is 244 g/mol. The van der Waals surface area contributed by atoms with Crippen LogP contribution in [0.1, 0.15) is 10.4 Å². The zero-order chi connectivity index (χ0) is 12.7. The first-order valence-electron chi connectivity index (χ1n) is 5.18. The average molecular weight is 244 g/mol. The number of furan rings is 2. The maximum atomic E-state index is 11.3. The minimum absolute atomic E-state index is 0.00968. The van der Waals surface area contributed by atoms with Crippen LogP contribution in [-0.2, 0) is 0 Å². The summed E-state index contributed by atoms with van der Waals surface area (Å²) in [4.78, 5) is 11.3. The highest BCUT2D eigenvalue weighted by molar-refractivity contribution is 6.08. The van der Waals surface area contributed by atoms with Crippen LogP contribution < -0.4 is 0 Å². The second kappa shape index (κ2) is 3.66. The predicted molar refractivity (Wildman–Crippen MR) is 62.5 cm³/mol. The molecule has 0 unspecified atom stereocenters. The van der Waals surface area contributed by atoms with E-state index in [4.69, 9.17) is 8.83 Å². The van der Waals surface area contributed by atoms with Crippen molar-refractivity contribution in [1.82, 2.24) is 0 Å². The van der Waals surface area contributed by atoms with Crippen LogP contribution in [0.2, 0.25) is 0 Å². The number of carboxylic acid groups (broad SMARTS) is 1. The molecular weight excluding hydrogens is 236 g/mol. The van der Waals surface area contributed by atoms with E-state index >= 15 is 0 Å². The molecule has 5 heteroatoms. The highest BCUT2D eigenvalue weighted by atomic mass is 16.4. The molecule has 2 N–H and O–H groups in total. The largest absolute Gasteiger partial charge is 0.508 e. The Labute approximate surface area is 101 Å². The second-order valence-electron chi connectivity index (χ2n) is 3.80. The van der Waals surface area contributed by atoms with E-state index in [2.05, 4.69) is 0 Å². The average Bonchev–Trinajstić information content (AvgIpc) is 2.94. The number of aromatic carboxylic acids is 1. The van der Waals surface area contributed by atoms with Gasteiger partial charge in [0.25, 0.3) is 0 Å². The van der Waals surface area contributed by atoms with Gasteiger partial charge in [-0.1, -0.05) is 0 Å². The molecule has 0 radical (unpaired) electrons. The molecule has 2 heterocycles.